The minimum atomic E-state index is -0.997. The molecule has 1 aromatic heterocycles. The zero-order chi connectivity index (χ0) is 14.3. The molecule has 0 unspecified atom stereocenters. The smallest absolute Gasteiger partial charge is 0.329 e. The van der Waals surface area contributed by atoms with E-state index < -0.39 is 5.97 Å². The molecule has 104 valence electrons. The number of carbonyl (C=O) groups excluding carboxylic acids is 1. The molecule has 2 N–H and O–H groups in total. The van der Waals surface area contributed by atoms with Gasteiger partial charge in [-0.2, -0.15) is 0 Å². The molecule has 0 radical (unpaired) electrons. The molecule has 1 heterocycles. The molecule has 0 bridgehead atoms. The normalized spacial score (nSPS) is 10.0. The highest BCUT2D eigenvalue weighted by Crippen LogP contribution is 2.08. The molecule has 1 rings (SSSR count). The SMILES string of the molecule is CN(C)C(=O)c1cc(NCCOCC(=O)O)ccn1. The van der Waals surface area contributed by atoms with Crippen LogP contribution < -0.4 is 5.32 Å². The van der Waals surface area contributed by atoms with Crippen LogP contribution in [0.3, 0.4) is 0 Å². The number of nitrogens with one attached hydrogen (secondary N) is 1. The van der Waals surface area contributed by atoms with E-state index in [4.69, 9.17) is 9.84 Å². The van der Waals surface area contributed by atoms with Crippen LogP contribution in [0.15, 0.2) is 18.3 Å². The minimum Gasteiger partial charge on any atom is -0.480 e. The predicted octanol–water partition coefficient (Wildman–Crippen LogP) is 0.296. The Bertz CT molecular complexity index is 448. The molecule has 0 saturated heterocycles. The van der Waals surface area contributed by atoms with Gasteiger partial charge in [0.1, 0.15) is 12.3 Å². The molecule has 0 aliphatic carbocycles. The third-order valence-electron chi connectivity index (χ3n) is 2.19. The fourth-order valence-electron chi connectivity index (χ4n) is 1.31. The number of amides is 1. The Labute approximate surface area is 111 Å². The first-order valence-corrected chi connectivity index (χ1v) is 5.72. The summed E-state index contributed by atoms with van der Waals surface area (Å²) < 4.78 is 4.88. The molecular formula is C12H17N3O4. The lowest BCUT2D eigenvalue weighted by Gasteiger charge is -2.11. The summed E-state index contributed by atoms with van der Waals surface area (Å²) in [4.78, 5) is 27.3. The third kappa shape index (κ3) is 5.35. The van der Waals surface area contributed by atoms with E-state index in [1.165, 1.54) is 11.1 Å². The van der Waals surface area contributed by atoms with Gasteiger partial charge in [-0.05, 0) is 12.1 Å². The van der Waals surface area contributed by atoms with Gasteiger partial charge < -0.3 is 20.1 Å². The molecule has 0 spiro atoms. The van der Waals surface area contributed by atoms with Gasteiger partial charge in [-0.1, -0.05) is 0 Å². The topological polar surface area (TPSA) is 91.8 Å². The van der Waals surface area contributed by atoms with Gasteiger partial charge in [-0.3, -0.25) is 9.78 Å². The number of hydrogen-bond donors (Lipinski definition) is 2. The van der Waals surface area contributed by atoms with Crippen LogP contribution in [0.2, 0.25) is 0 Å². The lowest BCUT2D eigenvalue weighted by molar-refractivity contribution is -0.142. The number of aliphatic carboxylic acids is 1. The highest BCUT2D eigenvalue weighted by atomic mass is 16.5. The number of nitrogens with zero attached hydrogens (tertiary/aromatic N) is 2. The van der Waals surface area contributed by atoms with Gasteiger partial charge in [-0.15, -0.1) is 0 Å². The van der Waals surface area contributed by atoms with Crippen molar-refractivity contribution < 1.29 is 19.4 Å². The summed E-state index contributed by atoms with van der Waals surface area (Å²) in [5, 5.41) is 11.4. The van der Waals surface area contributed by atoms with Crippen LogP contribution in [-0.2, 0) is 9.53 Å². The number of carbonyl (C=O) groups is 2. The molecule has 7 heteroatoms. The Morgan fingerprint density at radius 2 is 2.21 bits per heavy atom. The Hall–Kier alpha value is -2.15. The largest absolute Gasteiger partial charge is 0.480 e. The lowest BCUT2D eigenvalue weighted by atomic mass is 10.3. The Morgan fingerprint density at radius 3 is 2.84 bits per heavy atom. The standard InChI is InChI=1S/C12H17N3O4/c1-15(2)12(18)10-7-9(3-4-14-10)13-5-6-19-8-11(16)17/h3-4,7H,5-6,8H2,1-2H3,(H,13,14)(H,16,17). The molecule has 0 fully saturated rings. The van der Waals surface area contributed by atoms with Crippen LogP contribution in [0.25, 0.3) is 0 Å². The highest BCUT2D eigenvalue weighted by molar-refractivity contribution is 5.92. The van der Waals surface area contributed by atoms with Gasteiger partial charge >= 0.3 is 5.97 Å². The van der Waals surface area contributed by atoms with Gasteiger partial charge in [0.2, 0.25) is 0 Å². The number of hydrogen-bond acceptors (Lipinski definition) is 5. The number of rotatable bonds is 7. The quantitative estimate of drug-likeness (QED) is 0.690. The molecule has 0 aliphatic heterocycles. The van der Waals surface area contributed by atoms with Crippen molar-refractivity contribution in [1.29, 1.82) is 0 Å². The maximum absolute atomic E-state index is 11.7. The van der Waals surface area contributed by atoms with Crippen molar-refractivity contribution >= 4 is 17.6 Å². The van der Waals surface area contributed by atoms with Gasteiger partial charge in [0.15, 0.2) is 0 Å². The Kier molecular flexibility index (Phi) is 5.74. The Morgan fingerprint density at radius 1 is 1.47 bits per heavy atom. The summed E-state index contributed by atoms with van der Waals surface area (Å²) in [5.74, 6) is -1.17. The maximum atomic E-state index is 11.7. The van der Waals surface area contributed by atoms with Gasteiger partial charge in [0, 0.05) is 32.5 Å². The van der Waals surface area contributed by atoms with Gasteiger partial charge in [-0.25, -0.2) is 4.79 Å². The van der Waals surface area contributed by atoms with E-state index in [1.54, 1.807) is 26.2 Å². The second-order valence-corrected chi connectivity index (χ2v) is 4.00. The fourth-order valence-corrected chi connectivity index (χ4v) is 1.31. The second-order valence-electron chi connectivity index (χ2n) is 4.00. The first kappa shape index (κ1) is 14.9. The van der Waals surface area contributed by atoms with E-state index in [0.717, 1.165) is 5.69 Å². The zero-order valence-electron chi connectivity index (χ0n) is 10.9. The number of anilines is 1. The van der Waals surface area contributed by atoms with E-state index in [0.29, 0.717) is 12.2 Å². The van der Waals surface area contributed by atoms with Crippen molar-refractivity contribution in [3.8, 4) is 0 Å². The average Bonchev–Trinajstić information content (AvgIpc) is 2.37. The first-order valence-electron chi connectivity index (χ1n) is 5.72. The third-order valence-corrected chi connectivity index (χ3v) is 2.19. The number of pyridine rings is 1. The van der Waals surface area contributed by atoms with Crippen LogP contribution in [-0.4, -0.2) is 60.7 Å². The molecule has 1 aromatic rings. The van der Waals surface area contributed by atoms with Crippen molar-refractivity contribution in [2.75, 3.05) is 39.2 Å². The summed E-state index contributed by atoms with van der Waals surface area (Å²) in [5.41, 5.74) is 1.08. The molecule has 19 heavy (non-hydrogen) atoms. The molecule has 1 amide bonds. The van der Waals surface area contributed by atoms with E-state index in [9.17, 15) is 9.59 Å². The maximum Gasteiger partial charge on any atom is 0.329 e. The van der Waals surface area contributed by atoms with Gasteiger partial charge in [0.05, 0.1) is 6.61 Å². The van der Waals surface area contributed by atoms with Crippen molar-refractivity contribution in [3.05, 3.63) is 24.0 Å². The van der Waals surface area contributed by atoms with E-state index in [-0.39, 0.29) is 19.1 Å². The van der Waals surface area contributed by atoms with Crippen LogP contribution in [0, 0.1) is 0 Å². The minimum absolute atomic E-state index is 0.175. The van der Waals surface area contributed by atoms with Crippen LogP contribution in [0.4, 0.5) is 5.69 Å². The van der Waals surface area contributed by atoms with Crippen molar-refractivity contribution in [3.63, 3.8) is 0 Å². The molecule has 0 aliphatic rings. The Balaban J connectivity index is 2.44. The molecular weight excluding hydrogens is 250 g/mol. The van der Waals surface area contributed by atoms with Crippen LogP contribution >= 0.6 is 0 Å². The summed E-state index contributed by atoms with van der Waals surface area (Å²) in [6.07, 6.45) is 1.54. The van der Waals surface area contributed by atoms with E-state index >= 15 is 0 Å². The van der Waals surface area contributed by atoms with E-state index in [2.05, 4.69) is 10.3 Å². The predicted molar refractivity (Wildman–Crippen MR) is 69.2 cm³/mol. The molecule has 0 atom stereocenters. The van der Waals surface area contributed by atoms with Crippen LogP contribution in [0.5, 0.6) is 0 Å². The first-order chi connectivity index (χ1) is 9.00. The van der Waals surface area contributed by atoms with Crippen molar-refractivity contribution in [1.82, 2.24) is 9.88 Å². The van der Waals surface area contributed by atoms with Crippen LogP contribution in [0.1, 0.15) is 10.5 Å². The van der Waals surface area contributed by atoms with Crippen molar-refractivity contribution in [2.45, 2.75) is 0 Å². The highest BCUT2D eigenvalue weighted by Gasteiger charge is 2.09. The number of carboxylic acids is 1. The summed E-state index contributed by atoms with van der Waals surface area (Å²) >= 11 is 0. The molecule has 0 saturated carbocycles. The van der Waals surface area contributed by atoms with E-state index in [1.807, 2.05) is 0 Å². The monoisotopic (exact) mass is 267 g/mol. The number of ether oxygens (including phenoxy) is 1. The zero-order valence-corrected chi connectivity index (χ0v) is 10.9. The average molecular weight is 267 g/mol. The summed E-state index contributed by atoms with van der Waals surface area (Å²) in [7, 11) is 3.31. The summed E-state index contributed by atoms with van der Waals surface area (Å²) in [6, 6.07) is 3.36. The fraction of sp³-hybridized carbons (Fsp3) is 0.417. The summed E-state index contributed by atoms with van der Waals surface area (Å²) in [6.45, 7) is 0.404. The number of aromatic nitrogens is 1. The molecule has 7 nitrogen and oxygen atoms in total. The number of carboxylic acid groups (broad SMARTS) is 1. The van der Waals surface area contributed by atoms with Gasteiger partial charge in [0.25, 0.3) is 5.91 Å². The lowest BCUT2D eigenvalue weighted by Crippen LogP contribution is -2.23. The second kappa shape index (κ2) is 7.32. The molecule has 0 aromatic carbocycles. The van der Waals surface area contributed by atoms with Crippen molar-refractivity contribution in [2.24, 2.45) is 0 Å².